The minimum atomic E-state index is -0.193. The number of rotatable bonds is 5. The lowest BCUT2D eigenvalue weighted by atomic mass is 9.44. The van der Waals surface area contributed by atoms with Gasteiger partial charge >= 0.3 is 11.9 Å². The highest BCUT2D eigenvalue weighted by Crippen LogP contribution is 2.68. The number of carbonyl (C=O) groups excluding carboxylic acids is 2. The molecule has 0 radical (unpaired) electrons. The van der Waals surface area contributed by atoms with E-state index in [1.165, 1.54) is 32.1 Å². The molecule has 0 unspecified atom stereocenters. The van der Waals surface area contributed by atoms with Crippen LogP contribution in [0.3, 0.4) is 0 Å². The highest BCUT2D eigenvalue weighted by Gasteiger charge is 2.61. The lowest BCUT2D eigenvalue weighted by Crippen LogP contribution is -2.54. The summed E-state index contributed by atoms with van der Waals surface area (Å²) in [5.74, 6) is 2.91. The molecule has 4 heteroatoms. The fourth-order valence-electron chi connectivity index (χ4n) is 9.82. The molecule has 0 bridgehead atoms. The Bertz CT molecular complexity index is 1180. The first kappa shape index (κ1) is 26.6. The second-order valence-corrected chi connectivity index (χ2v) is 13.5. The van der Waals surface area contributed by atoms with Crippen LogP contribution in [0.4, 0.5) is 0 Å². The highest BCUT2D eigenvalue weighted by atomic mass is 16.5. The number of carbonyl (C=O) groups is 2. The first-order chi connectivity index (χ1) is 18.8. The summed E-state index contributed by atoms with van der Waals surface area (Å²) in [6.45, 7) is 7.19. The monoisotopic (exact) mass is 528 g/mol. The fourth-order valence-corrected chi connectivity index (χ4v) is 9.82. The normalized spacial score (nSPS) is 38.0. The van der Waals surface area contributed by atoms with Crippen molar-refractivity contribution in [1.29, 1.82) is 0 Å². The van der Waals surface area contributed by atoms with E-state index in [4.69, 9.17) is 9.47 Å². The van der Waals surface area contributed by atoms with Crippen LogP contribution in [0.15, 0.2) is 60.7 Å². The zero-order valence-electron chi connectivity index (χ0n) is 23.8. The number of fused-ring (bicyclic) bond motifs is 5. The molecule has 9 atom stereocenters. The van der Waals surface area contributed by atoms with Gasteiger partial charge in [0, 0.05) is 5.92 Å². The Morgan fingerprint density at radius 2 is 1.36 bits per heavy atom. The maximum atomic E-state index is 12.8. The molecule has 6 rings (SSSR count). The molecule has 0 spiro atoms. The average Bonchev–Trinajstić information content (AvgIpc) is 3.31. The maximum Gasteiger partial charge on any atom is 0.338 e. The molecular weight excluding hydrogens is 484 g/mol. The van der Waals surface area contributed by atoms with E-state index in [1.54, 1.807) is 0 Å². The SMILES string of the molecule is C[C@H](OC(=O)c1ccccc1)[C@@H]1CC[C@@H]2[C@@H]3CC[C@H]4C[C@H](OC(=O)c5ccccc5)CC[C@]4(C)[C@@H]3CC[C@]21C. The van der Waals surface area contributed by atoms with Crippen LogP contribution in [-0.4, -0.2) is 24.1 Å². The van der Waals surface area contributed by atoms with Crippen LogP contribution in [-0.2, 0) is 9.47 Å². The van der Waals surface area contributed by atoms with Crippen LogP contribution in [0.1, 0.15) is 99.3 Å². The third-order valence-corrected chi connectivity index (χ3v) is 11.8. The summed E-state index contributed by atoms with van der Waals surface area (Å²) in [5, 5.41) is 0. The molecule has 0 N–H and O–H groups in total. The average molecular weight is 529 g/mol. The topological polar surface area (TPSA) is 52.6 Å². The Balaban J connectivity index is 1.11. The van der Waals surface area contributed by atoms with Gasteiger partial charge in [0.25, 0.3) is 0 Å². The minimum Gasteiger partial charge on any atom is -0.459 e. The van der Waals surface area contributed by atoms with Gasteiger partial charge in [-0.15, -0.1) is 0 Å². The summed E-state index contributed by atoms with van der Waals surface area (Å²) in [6.07, 6.45) is 10.6. The standard InChI is InChI=1S/C35H44O4/c1-23(38-32(36)24-10-6-4-7-11-24)29-16-17-30-28-15-14-26-22-27(39-33(37)25-12-8-5-9-13-25)18-20-34(26,2)31(28)19-21-35(29,30)3/h4-13,23,26-31H,14-22H2,1-3H3/t23-,26-,27+,28-,29-,30+,31+,34-,35-/m0/s1. The van der Waals surface area contributed by atoms with E-state index in [0.29, 0.717) is 34.3 Å². The molecule has 2 aromatic rings. The number of hydrogen-bond donors (Lipinski definition) is 0. The van der Waals surface area contributed by atoms with E-state index in [9.17, 15) is 9.59 Å². The van der Waals surface area contributed by atoms with Gasteiger partial charge in [0.2, 0.25) is 0 Å². The Kier molecular flexibility index (Phi) is 7.10. The zero-order valence-corrected chi connectivity index (χ0v) is 23.8. The third-order valence-electron chi connectivity index (χ3n) is 11.8. The molecule has 0 heterocycles. The largest absolute Gasteiger partial charge is 0.459 e. The lowest BCUT2D eigenvalue weighted by Gasteiger charge is -2.61. The van der Waals surface area contributed by atoms with E-state index >= 15 is 0 Å². The molecule has 0 aromatic heterocycles. The number of benzene rings is 2. The molecule has 2 aromatic carbocycles. The van der Waals surface area contributed by atoms with Crippen LogP contribution in [0.25, 0.3) is 0 Å². The van der Waals surface area contributed by atoms with Crippen LogP contribution in [0, 0.1) is 40.4 Å². The quantitative estimate of drug-likeness (QED) is 0.368. The van der Waals surface area contributed by atoms with Crippen LogP contribution < -0.4 is 0 Å². The van der Waals surface area contributed by atoms with Crippen molar-refractivity contribution in [2.45, 2.75) is 90.8 Å². The van der Waals surface area contributed by atoms with E-state index in [-0.39, 0.29) is 29.6 Å². The Morgan fingerprint density at radius 3 is 2.05 bits per heavy atom. The Hall–Kier alpha value is -2.62. The van der Waals surface area contributed by atoms with Crippen molar-refractivity contribution < 1.29 is 19.1 Å². The summed E-state index contributed by atoms with van der Waals surface area (Å²) in [4.78, 5) is 25.5. The van der Waals surface area contributed by atoms with Crippen LogP contribution in [0.5, 0.6) is 0 Å². The van der Waals surface area contributed by atoms with Gasteiger partial charge in [-0.1, -0.05) is 50.2 Å². The molecule has 4 nitrogen and oxygen atoms in total. The summed E-state index contributed by atoms with van der Waals surface area (Å²) < 4.78 is 12.1. The zero-order chi connectivity index (χ0) is 27.2. The van der Waals surface area contributed by atoms with E-state index < -0.39 is 0 Å². The van der Waals surface area contributed by atoms with Gasteiger partial charge in [-0.05, 0) is 123 Å². The molecule has 208 valence electrons. The molecular formula is C35H44O4. The van der Waals surface area contributed by atoms with Crippen LogP contribution in [0.2, 0.25) is 0 Å². The predicted molar refractivity (Wildman–Crippen MR) is 152 cm³/mol. The fraction of sp³-hybridized carbons (Fsp3) is 0.600. The smallest absolute Gasteiger partial charge is 0.338 e. The van der Waals surface area contributed by atoms with E-state index in [2.05, 4.69) is 20.8 Å². The maximum absolute atomic E-state index is 12.8. The van der Waals surface area contributed by atoms with Gasteiger partial charge in [0.05, 0.1) is 11.1 Å². The number of esters is 2. The molecule has 4 aliphatic carbocycles. The van der Waals surface area contributed by atoms with E-state index in [1.807, 2.05) is 60.7 Å². The van der Waals surface area contributed by atoms with Crippen molar-refractivity contribution in [1.82, 2.24) is 0 Å². The highest BCUT2D eigenvalue weighted by molar-refractivity contribution is 5.89. The van der Waals surface area contributed by atoms with Crippen molar-refractivity contribution in [2.24, 2.45) is 40.4 Å². The molecule has 0 amide bonds. The van der Waals surface area contributed by atoms with Gasteiger partial charge in [-0.3, -0.25) is 0 Å². The predicted octanol–water partition coefficient (Wildman–Crippen LogP) is 8.12. The van der Waals surface area contributed by atoms with Crippen molar-refractivity contribution in [3.8, 4) is 0 Å². The van der Waals surface area contributed by atoms with Crippen molar-refractivity contribution in [2.75, 3.05) is 0 Å². The lowest BCUT2D eigenvalue weighted by molar-refractivity contribution is -0.133. The van der Waals surface area contributed by atoms with E-state index in [0.717, 1.165) is 37.5 Å². The van der Waals surface area contributed by atoms with Crippen LogP contribution >= 0.6 is 0 Å². The van der Waals surface area contributed by atoms with Gasteiger partial charge in [0.15, 0.2) is 0 Å². The minimum absolute atomic E-state index is 0.0391. The molecule has 39 heavy (non-hydrogen) atoms. The van der Waals surface area contributed by atoms with Crippen molar-refractivity contribution in [3.63, 3.8) is 0 Å². The first-order valence-corrected chi connectivity index (χ1v) is 15.3. The third kappa shape index (κ3) is 4.72. The Morgan fingerprint density at radius 1 is 0.744 bits per heavy atom. The Labute approximate surface area is 233 Å². The molecule has 0 saturated heterocycles. The number of ether oxygens (including phenoxy) is 2. The second-order valence-electron chi connectivity index (χ2n) is 13.5. The molecule has 4 fully saturated rings. The summed E-state index contributed by atoms with van der Waals surface area (Å²) in [7, 11) is 0. The molecule has 0 aliphatic heterocycles. The van der Waals surface area contributed by atoms with Crippen molar-refractivity contribution >= 4 is 11.9 Å². The van der Waals surface area contributed by atoms with Crippen molar-refractivity contribution in [3.05, 3.63) is 71.8 Å². The summed E-state index contributed by atoms with van der Waals surface area (Å²) >= 11 is 0. The number of hydrogen-bond acceptors (Lipinski definition) is 4. The first-order valence-electron chi connectivity index (χ1n) is 15.3. The van der Waals surface area contributed by atoms with Gasteiger partial charge < -0.3 is 9.47 Å². The van der Waals surface area contributed by atoms with Gasteiger partial charge in [0.1, 0.15) is 12.2 Å². The van der Waals surface area contributed by atoms with Gasteiger partial charge in [-0.25, -0.2) is 9.59 Å². The molecule has 4 aliphatic rings. The second kappa shape index (κ2) is 10.4. The van der Waals surface area contributed by atoms with Gasteiger partial charge in [-0.2, -0.15) is 0 Å². The summed E-state index contributed by atoms with van der Waals surface area (Å²) in [6, 6.07) is 18.8. The molecule has 4 saturated carbocycles. The summed E-state index contributed by atoms with van der Waals surface area (Å²) in [5.41, 5.74) is 1.87.